The minimum atomic E-state index is 0.192. The maximum absolute atomic E-state index is 5.34. The van der Waals surface area contributed by atoms with Gasteiger partial charge in [0.15, 0.2) is 0 Å². The maximum Gasteiger partial charge on any atom is 0.0730 e. The van der Waals surface area contributed by atoms with Gasteiger partial charge in [0.05, 0.1) is 6.61 Å². The van der Waals surface area contributed by atoms with Gasteiger partial charge in [-0.25, -0.2) is 0 Å². The normalized spacial score (nSPS) is 12.2. The molecule has 2 heteroatoms. The molecule has 1 aromatic carbocycles. The second-order valence-corrected chi connectivity index (χ2v) is 6.14. The van der Waals surface area contributed by atoms with Gasteiger partial charge in [0.1, 0.15) is 0 Å². The molecule has 0 aliphatic carbocycles. The van der Waals surface area contributed by atoms with Crippen molar-refractivity contribution in [3.8, 4) is 0 Å². The van der Waals surface area contributed by atoms with E-state index in [2.05, 4.69) is 45.0 Å². The molecule has 0 spiro atoms. The summed E-state index contributed by atoms with van der Waals surface area (Å²) in [6.45, 7) is 7.49. The number of hydrogen-bond donors (Lipinski definition) is 0. The molecule has 0 aliphatic heterocycles. The molecule has 0 amide bonds. The molecule has 0 radical (unpaired) electrons. The fourth-order valence-corrected chi connectivity index (χ4v) is 3.26. The van der Waals surface area contributed by atoms with Crippen molar-refractivity contribution in [3.63, 3.8) is 0 Å². The molecule has 0 fully saturated rings. The zero-order valence-electron chi connectivity index (χ0n) is 10.3. The predicted octanol–water partition coefficient (Wildman–Crippen LogP) is 4.35. The molecule has 0 bridgehead atoms. The van der Waals surface area contributed by atoms with Crippen LogP contribution in [0.1, 0.15) is 31.2 Å². The molecule has 2 rings (SSSR count). The lowest BCUT2D eigenvalue weighted by Gasteiger charge is -2.18. The third-order valence-corrected chi connectivity index (χ3v) is 4.31. The highest BCUT2D eigenvalue weighted by atomic mass is 32.1. The van der Waals surface area contributed by atoms with Crippen molar-refractivity contribution >= 4 is 21.4 Å². The number of thiophene rings is 1. The number of rotatable bonds is 2. The van der Waals surface area contributed by atoms with E-state index in [4.69, 9.17) is 4.74 Å². The molecule has 0 saturated carbocycles. The highest BCUT2D eigenvalue weighted by Gasteiger charge is 2.22. The number of benzene rings is 1. The van der Waals surface area contributed by atoms with E-state index in [9.17, 15) is 0 Å². The lowest BCUT2D eigenvalue weighted by Crippen LogP contribution is -2.11. The summed E-state index contributed by atoms with van der Waals surface area (Å²) < 4.78 is 6.70. The summed E-state index contributed by atoms with van der Waals surface area (Å²) in [5.74, 6) is 0. The fraction of sp³-hybridized carbons (Fsp3) is 0.429. The van der Waals surface area contributed by atoms with Gasteiger partial charge >= 0.3 is 0 Å². The highest BCUT2D eigenvalue weighted by Crippen LogP contribution is 2.39. The van der Waals surface area contributed by atoms with Gasteiger partial charge in [-0.15, -0.1) is 11.3 Å². The molecular formula is C14H18OS. The largest absolute Gasteiger partial charge is 0.380 e. The Morgan fingerprint density at radius 1 is 1.19 bits per heavy atom. The Hall–Kier alpha value is -0.860. The van der Waals surface area contributed by atoms with Gasteiger partial charge in [0, 0.05) is 16.7 Å². The van der Waals surface area contributed by atoms with Crippen molar-refractivity contribution in [2.45, 2.75) is 32.8 Å². The summed E-state index contributed by atoms with van der Waals surface area (Å²) in [4.78, 5) is 1.44. The van der Waals surface area contributed by atoms with E-state index < -0.39 is 0 Å². The van der Waals surface area contributed by atoms with Crippen molar-refractivity contribution in [2.24, 2.45) is 0 Å². The van der Waals surface area contributed by atoms with Crippen molar-refractivity contribution in [1.29, 1.82) is 0 Å². The van der Waals surface area contributed by atoms with E-state index >= 15 is 0 Å². The Morgan fingerprint density at radius 2 is 1.88 bits per heavy atom. The van der Waals surface area contributed by atoms with E-state index in [0.29, 0.717) is 6.61 Å². The summed E-state index contributed by atoms with van der Waals surface area (Å²) in [5.41, 5.74) is 1.55. The van der Waals surface area contributed by atoms with E-state index in [1.807, 2.05) is 11.3 Å². The zero-order valence-corrected chi connectivity index (χ0v) is 11.1. The van der Waals surface area contributed by atoms with E-state index in [0.717, 1.165) is 0 Å². The van der Waals surface area contributed by atoms with Crippen LogP contribution in [0.3, 0.4) is 0 Å². The topological polar surface area (TPSA) is 9.23 Å². The van der Waals surface area contributed by atoms with Gasteiger partial charge in [-0.2, -0.15) is 0 Å². The first-order valence-corrected chi connectivity index (χ1v) is 6.35. The molecule has 86 valence electrons. The summed E-state index contributed by atoms with van der Waals surface area (Å²) in [6, 6.07) is 8.58. The average Bonchev–Trinajstić information content (AvgIpc) is 2.58. The van der Waals surface area contributed by atoms with Crippen LogP contribution in [0.5, 0.6) is 0 Å². The predicted molar refractivity (Wildman–Crippen MR) is 71.2 cm³/mol. The lowest BCUT2D eigenvalue weighted by atomic mass is 9.91. The number of methoxy groups -OCH3 is 1. The van der Waals surface area contributed by atoms with Crippen LogP contribution in [0.25, 0.3) is 10.1 Å². The van der Waals surface area contributed by atoms with Crippen molar-refractivity contribution < 1.29 is 4.74 Å². The summed E-state index contributed by atoms with van der Waals surface area (Å²) in [6.07, 6.45) is 0. The zero-order chi connectivity index (χ0) is 11.8. The maximum atomic E-state index is 5.34. The number of hydrogen-bond acceptors (Lipinski definition) is 2. The second-order valence-electron chi connectivity index (χ2n) is 5.09. The molecule has 2 aromatic rings. The third kappa shape index (κ3) is 2.00. The van der Waals surface area contributed by atoms with Gasteiger partial charge < -0.3 is 4.74 Å². The molecular weight excluding hydrogens is 216 g/mol. The average molecular weight is 234 g/mol. The fourth-order valence-electron chi connectivity index (χ4n) is 1.99. The SMILES string of the molecule is COCc1c(C(C)(C)C)sc2ccccc12. The first kappa shape index (κ1) is 11.6. The molecule has 0 N–H and O–H groups in total. The van der Waals surface area contributed by atoms with Gasteiger partial charge in [-0.3, -0.25) is 0 Å². The van der Waals surface area contributed by atoms with Crippen LogP contribution in [0.4, 0.5) is 0 Å². The summed E-state index contributed by atoms with van der Waals surface area (Å²) in [5, 5.41) is 1.35. The van der Waals surface area contributed by atoms with Crippen molar-refractivity contribution in [3.05, 3.63) is 34.7 Å². The third-order valence-electron chi connectivity index (χ3n) is 2.67. The highest BCUT2D eigenvalue weighted by molar-refractivity contribution is 7.19. The quantitative estimate of drug-likeness (QED) is 0.751. The van der Waals surface area contributed by atoms with E-state index in [1.165, 1.54) is 20.5 Å². The molecule has 1 aromatic heterocycles. The van der Waals surface area contributed by atoms with Crippen LogP contribution >= 0.6 is 11.3 Å². The van der Waals surface area contributed by atoms with Crippen LogP contribution in [0.15, 0.2) is 24.3 Å². The first-order valence-electron chi connectivity index (χ1n) is 5.54. The second kappa shape index (κ2) is 4.19. The minimum Gasteiger partial charge on any atom is -0.380 e. The Morgan fingerprint density at radius 3 is 2.50 bits per heavy atom. The van der Waals surface area contributed by atoms with Gasteiger partial charge in [0.25, 0.3) is 0 Å². The smallest absolute Gasteiger partial charge is 0.0730 e. The van der Waals surface area contributed by atoms with Gasteiger partial charge in [-0.1, -0.05) is 39.0 Å². The van der Waals surface area contributed by atoms with Gasteiger partial charge in [0.2, 0.25) is 0 Å². The molecule has 0 aliphatic rings. The van der Waals surface area contributed by atoms with Crippen molar-refractivity contribution in [1.82, 2.24) is 0 Å². The standard InChI is InChI=1S/C14H18OS/c1-14(2,3)13-11(9-15-4)10-7-5-6-8-12(10)16-13/h5-8H,9H2,1-4H3. The molecule has 1 heterocycles. The van der Waals surface area contributed by atoms with Crippen LogP contribution in [0, 0.1) is 0 Å². The Bertz CT molecular complexity index is 491. The molecule has 1 nitrogen and oxygen atoms in total. The molecule has 0 atom stereocenters. The van der Waals surface area contributed by atoms with E-state index in [-0.39, 0.29) is 5.41 Å². The van der Waals surface area contributed by atoms with Gasteiger partial charge in [-0.05, 0) is 22.4 Å². The van der Waals surface area contributed by atoms with Crippen LogP contribution in [-0.4, -0.2) is 7.11 Å². The number of ether oxygens (including phenoxy) is 1. The Labute approximate surface area is 101 Å². The Balaban J connectivity index is 2.68. The summed E-state index contributed by atoms with van der Waals surface area (Å²) in [7, 11) is 1.76. The first-order chi connectivity index (χ1) is 7.54. The van der Waals surface area contributed by atoms with Crippen LogP contribution < -0.4 is 0 Å². The molecule has 16 heavy (non-hydrogen) atoms. The van der Waals surface area contributed by atoms with Crippen molar-refractivity contribution in [2.75, 3.05) is 7.11 Å². The Kier molecular flexibility index (Phi) is 3.04. The van der Waals surface area contributed by atoms with Crippen LogP contribution in [0.2, 0.25) is 0 Å². The lowest BCUT2D eigenvalue weighted by molar-refractivity contribution is 0.185. The molecule has 0 unspecified atom stereocenters. The van der Waals surface area contributed by atoms with E-state index in [1.54, 1.807) is 7.11 Å². The monoisotopic (exact) mass is 234 g/mol. The van der Waals surface area contributed by atoms with Crippen LogP contribution in [-0.2, 0) is 16.8 Å². The summed E-state index contributed by atoms with van der Waals surface area (Å²) >= 11 is 1.89. The molecule has 0 saturated heterocycles. The number of fused-ring (bicyclic) bond motifs is 1. The minimum absolute atomic E-state index is 0.192.